The molecule has 2 rings (SSSR count). The lowest BCUT2D eigenvalue weighted by molar-refractivity contribution is -0.118. The quantitative estimate of drug-likeness (QED) is 0.760. The maximum Gasteiger partial charge on any atom is 0.255 e. The summed E-state index contributed by atoms with van der Waals surface area (Å²) in [6, 6.07) is 7.32. The van der Waals surface area contributed by atoms with Gasteiger partial charge in [0.1, 0.15) is 0 Å². The zero-order valence-corrected chi connectivity index (χ0v) is 15.1. The zero-order valence-electron chi connectivity index (χ0n) is 13.6. The Morgan fingerprint density at radius 1 is 1.04 bits per heavy atom. The average molecular weight is 399 g/mol. The van der Waals surface area contributed by atoms with Gasteiger partial charge >= 0.3 is 0 Å². The van der Waals surface area contributed by atoms with E-state index < -0.39 is 29.4 Å². The lowest BCUT2D eigenvalue weighted by atomic mass is 10.1. The summed E-state index contributed by atoms with van der Waals surface area (Å²) < 4.78 is 26.1. The Labute approximate surface area is 158 Å². The minimum absolute atomic E-state index is 0.0874. The maximum absolute atomic E-state index is 13.2. The molecule has 26 heavy (non-hydrogen) atoms. The van der Waals surface area contributed by atoms with E-state index in [2.05, 4.69) is 17.2 Å². The van der Waals surface area contributed by atoms with Gasteiger partial charge < -0.3 is 10.6 Å². The molecule has 0 fully saturated rings. The van der Waals surface area contributed by atoms with Crippen molar-refractivity contribution in [2.75, 3.05) is 5.32 Å². The molecule has 0 heterocycles. The van der Waals surface area contributed by atoms with Crippen LogP contribution in [0.25, 0.3) is 0 Å². The minimum Gasteiger partial charge on any atom is -0.326 e. The number of carbonyl (C=O) groups excluding carboxylic acids is 2. The van der Waals surface area contributed by atoms with E-state index in [1.807, 2.05) is 0 Å². The van der Waals surface area contributed by atoms with Gasteiger partial charge in [-0.2, -0.15) is 0 Å². The second-order valence-electron chi connectivity index (χ2n) is 5.45. The number of halogens is 4. The molecular weight excluding hydrogens is 385 g/mol. The highest BCUT2D eigenvalue weighted by Gasteiger charge is 2.19. The maximum atomic E-state index is 13.2. The van der Waals surface area contributed by atoms with Crippen LogP contribution in [0.5, 0.6) is 0 Å². The second kappa shape index (κ2) is 8.29. The van der Waals surface area contributed by atoms with E-state index in [4.69, 9.17) is 23.2 Å². The molecular formula is C18H14Cl2F2N2O2. The molecule has 0 saturated heterocycles. The van der Waals surface area contributed by atoms with Gasteiger partial charge in [-0.05, 0) is 37.3 Å². The number of rotatable bonds is 5. The number of hydrogen-bond donors (Lipinski definition) is 2. The molecule has 0 saturated carbocycles. The van der Waals surface area contributed by atoms with E-state index in [0.29, 0.717) is 5.02 Å². The molecule has 2 aromatic rings. The molecule has 2 amide bonds. The van der Waals surface area contributed by atoms with Crippen molar-refractivity contribution in [3.63, 3.8) is 0 Å². The molecule has 1 atom stereocenters. The molecule has 0 unspecified atom stereocenters. The van der Waals surface area contributed by atoms with E-state index in [-0.39, 0.29) is 22.0 Å². The largest absolute Gasteiger partial charge is 0.326 e. The molecule has 0 aliphatic carbocycles. The van der Waals surface area contributed by atoms with Crippen molar-refractivity contribution in [3.8, 4) is 0 Å². The Morgan fingerprint density at radius 3 is 2.35 bits per heavy atom. The Bertz CT molecular complexity index is 887. The van der Waals surface area contributed by atoms with Crippen molar-refractivity contribution in [2.24, 2.45) is 5.92 Å². The van der Waals surface area contributed by atoms with E-state index in [9.17, 15) is 18.4 Å². The van der Waals surface area contributed by atoms with Gasteiger partial charge in [0.25, 0.3) is 5.91 Å². The molecule has 2 aromatic carbocycles. The predicted octanol–water partition coefficient (Wildman–Crippen LogP) is 4.79. The van der Waals surface area contributed by atoms with E-state index >= 15 is 0 Å². The van der Waals surface area contributed by atoms with E-state index in [1.54, 1.807) is 0 Å². The van der Waals surface area contributed by atoms with E-state index in [1.165, 1.54) is 31.2 Å². The van der Waals surface area contributed by atoms with Crippen LogP contribution in [0.15, 0.2) is 48.7 Å². The first-order valence-electron chi connectivity index (χ1n) is 7.40. The summed E-state index contributed by atoms with van der Waals surface area (Å²) in [6.45, 7) is 5.18. The predicted molar refractivity (Wildman–Crippen MR) is 97.2 cm³/mol. The second-order valence-corrected chi connectivity index (χ2v) is 6.26. The van der Waals surface area contributed by atoms with Gasteiger partial charge in [0.05, 0.1) is 16.0 Å². The monoisotopic (exact) mass is 398 g/mol. The molecule has 0 spiro atoms. The highest BCUT2D eigenvalue weighted by atomic mass is 35.5. The highest BCUT2D eigenvalue weighted by molar-refractivity contribution is 6.42. The van der Waals surface area contributed by atoms with Gasteiger partial charge in [-0.1, -0.05) is 29.8 Å². The normalized spacial score (nSPS) is 11.6. The Hall–Kier alpha value is -2.44. The third-order valence-electron chi connectivity index (χ3n) is 3.56. The number of amides is 2. The van der Waals surface area contributed by atoms with Crippen molar-refractivity contribution in [1.82, 2.24) is 5.32 Å². The molecule has 0 bridgehead atoms. The first kappa shape index (κ1) is 19.9. The Balaban J connectivity index is 2.01. The lowest BCUT2D eigenvalue weighted by Crippen LogP contribution is -2.31. The molecule has 4 nitrogen and oxygen atoms in total. The molecule has 136 valence electrons. The number of hydrogen-bond acceptors (Lipinski definition) is 2. The molecule has 8 heteroatoms. The Morgan fingerprint density at radius 2 is 1.73 bits per heavy atom. The number of nitrogens with one attached hydrogen (secondary N) is 2. The van der Waals surface area contributed by atoms with Crippen LogP contribution in [0.4, 0.5) is 14.5 Å². The van der Waals surface area contributed by atoms with Crippen LogP contribution in [0, 0.1) is 17.6 Å². The fourth-order valence-electron chi connectivity index (χ4n) is 1.95. The standard InChI is InChI=1S/C18H14Cl2F2N2O2/c1-9(17(25)24-12-4-6-15(21)16(22)8-12)10(2)23-18(26)11-3-5-13(19)14(20)7-11/h3-9H,2H2,1H3,(H,23,26)(H,24,25)/t9-/m1/s1. The van der Waals surface area contributed by atoms with Crippen LogP contribution in [-0.4, -0.2) is 11.8 Å². The average Bonchev–Trinajstić information content (AvgIpc) is 2.59. The molecule has 2 N–H and O–H groups in total. The van der Waals surface area contributed by atoms with Gasteiger partial charge in [0.15, 0.2) is 11.6 Å². The fraction of sp³-hybridized carbons (Fsp3) is 0.111. The summed E-state index contributed by atoms with van der Waals surface area (Å²) in [4.78, 5) is 24.4. The lowest BCUT2D eigenvalue weighted by Gasteiger charge is -2.16. The van der Waals surface area contributed by atoms with Gasteiger partial charge in [-0.15, -0.1) is 0 Å². The third kappa shape index (κ3) is 4.80. The van der Waals surface area contributed by atoms with Crippen molar-refractivity contribution < 1.29 is 18.4 Å². The molecule has 0 radical (unpaired) electrons. The van der Waals surface area contributed by atoms with Crippen molar-refractivity contribution in [2.45, 2.75) is 6.92 Å². The van der Waals surface area contributed by atoms with Crippen LogP contribution in [-0.2, 0) is 4.79 Å². The van der Waals surface area contributed by atoms with Crippen LogP contribution < -0.4 is 10.6 Å². The van der Waals surface area contributed by atoms with Crippen LogP contribution in [0.2, 0.25) is 10.0 Å². The first-order chi connectivity index (χ1) is 12.2. The minimum atomic E-state index is -1.08. The molecule has 0 aliphatic heterocycles. The Kier molecular flexibility index (Phi) is 6.34. The van der Waals surface area contributed by atoms with Gasteiger partial charge in [-0.25, -0.2) is 8.78 Å². The van der Waals surface area contributed by atoms with Crippen LogP contribution in [0.1, 0.15) is 17.3 Å². The SMILES string of the molecule is C=C(NC(=O)c1ccc(Cl)c(Cl)c1)[C@@H](C)C(=O)Nc1ccc(F)c(F)c1. The zero-order chi connectivity index (χ0) is 19.4. The summed E-state index contributed by atoms with van der Waals surface area (Å²) in [5, 5.41) is 5.45. The highest BCUT2D eigenvalue weighted by Crippen LogP contribution is 2.23. The molecule has 0 aliphatic rings. The van der Waals surface area contributed by atoms with Crippen LogP contribution >= 0.6 is 23.2 Å². The summed E-state index contributed by atoms with van der Waals surface area (Å²) in [5.41, 5.74) is 0.458. The van der Waals surface area contributed by atoms with Gasteiger partial charge in [-0.3, -0.25) is 9.59 Å². The third-order valence-corrected chi connectivity index (χ3v) is 4.30. The summed E-state index contributed by atoms with van der Waals surface area (Å²) in [6.07, 6.45) is 0. The number of carbonyl (C=O) groups is 2. The molecule has 0 aromatic heterocycles. The van der Waals surface area contributed by atoms with Gasteiger partial charge in [0.2, 0.25) is 5.91 Å². The van der Waals surface area contributed by atoms with E-state index in [0.717, 1.165) is 12.1 Å². The van der Waals surface area contributed by atoms with Crippen molar-refractivity contribution in [3.05, 3.63) is 75.9 Å². The topological polar surface area (TPSA) is 58.2 Å². The summed E-state index contributed by atoms with van der Waals surface area (Å²) in [7, 11) is 0. The van der Waals surface area contributed by atoms with Gasteiger partial charge in [0, 0.05) is 23.0 Å². The smallest absolute Gasteiger partial charge is 0.255 e. The fourth-order valence-corrected chi connectivity index (χ4v) is 2.24. The van der Waals surface area contributed by atoms with Crippen molar-refractivity contribution in [1.29, 1.82) is 0 Å². The number of benzene rings is 2. The first-order valence-corrected chi connectivity index (χ1v) is 8.15. The summed E-state index contributed by atoms with van der Waals surface area (Å²) in [5.74, 6) is -3.98. The van der Waals surface area contributed by atoms with Crippen molar-refractivity contribution >= 4 is 40.7 Å². The van der Waals surface area contributed by atoms with Crippen LogP contribution in [0.3, 0.4) is 0 Å². The summed E-state index contributed by atoms with van der Waals surface area (Å²) >= 11 is 11.7. The number of anilines is 1.